The molecule has 0 saturated heterocycles. The van der Waals surface area contributed by atoms with E-state index in [1.807, 2.05) is 54.6 Å². The van der Waals surface area contributed by atoms with E-state index in [0.717, 1.165) is 16.8 Å². The highest BCUT2D eigenvalue weighted by molar-refractivity contribution is 5.66. The summed E-state index contributed by atoms with van der Waals surface area (Å²) >= 11 is 0. The van der Waals surface area contributed by atoms with Crippen LogP contribution in [0.3, 0.4) is 0 Å². The van der Waals surface area contributed by atoms with E-state index in [1.54, 1.807) is 12.1 Å². The van der Waals surface area contributed by atoms with Gasteiger partial charge in [0.1, 0.15) is 17.7 Å². The first-order valence-electron chi connectivity index (χ1n) is 5.76. The third-order valence-electron chi connectivity index (χ3n) is 2.62. The van der Waals surface area contributed by atoms with Crippen molar-refractivity contribution in [3.63, 3.8) is 0 Å². The second-order valence-electron chi connectivity index (χ2n) is 3.87. The Morgan fingerprint density at radius 1 is 0.842 bits per heavy atom. The number of anilines is 1. The first kappa shape index (κ1) is 12.4. The number of hydrogen-bond acceptors (Lipinski definition) is 3. The van der Waals surface area contributed by atoms with E-state index in [-0.39, 0.29) is 5.57 Å². The largest absolute Gasteiger partial charge is 0.360 e. The third kappa shape index (κ3) is 3.21. The van der Waals surface area contributed by atoms with Crippen LogP contribution in [0.5, 0.6) is 0 Å². The molecule has 0 spiro atoms. The van der Waals surface area contributed by atoms with Crippen LogP contribution in [0.2, 0.25) is 0 Å². The molecule has 0 heterocycles. The van der Waals surface area contributed by atoms with Gasteiger partial charge in [0.25, 0.3) is 0 Å². The fourth-order valence-electron chi connectivity index (χ4n) is 1.63. The van der Waals surface area contributed by atoms with Crippen molar-refractivity contribution in [2.45, 2.75) is 0 Å². The maximum absolute atomic E-state index is 8.62. The van der Waals surface area contributed by atoms with Crippen LogP contribution in [0.15, 0.2) is 66.4 Å². The molecule has 3 heteroatoms. The molecule has 0 amide bonds. The van der Waals surface area contributed by atoms with E-state index >= 15 is 0 Å². The third-order valence-corrected chi connectivity index (χ3v) is 2.62. The average molecular weight is 245 g/mol. The minimum absolute atomic E-state index is 0.0483. The van der Waals surface area contributed by atoms with Gasteiger partial charge in [0, 0.05) is 11.9 Å². The molecule has 90 valence electrons. The molecule has 0 atom stereocenters. The molecule has 0 fully saturated rings. The first-order valence-corrected chi connectivity index (χ1v) is 5.76. The van der Waals surface area contributed by atoms with Crippen molar-refractivity contribution in [2.24, 2.45) is 0 Å². The molecule has 0 bridgehead atoms. The normalized spacial score (nSPS) is 8.95. The van der Waals surface area contributed by atoms with E-state index in [2.05, 4.69) is 5.32 Å². The van der Waals surface area contributed by atoms with E-state index in [0.29, 0.717) is 0 Å². The second-order valence-corrected chi connectivity index (χ2v) is 3.87. The van der Waals surface area contributed by atoms with Crippen molar-refractivity contribution in [3.05, 3.63) is 66.4 Å². The van der Waals surface area contributed by atoms with Crippen LogP contribution < -0.4 is 5.32 Å². The Kier molecular flexibility index (Phi) is 3.95. The van der Waals surface area contributed by atoms with Gasteiger partial charge in [-0.2, -0.15) is 10.5 Å². The maximum Gasteiger partial charge on any atom is 0.145 e. The zero-order valence-corrected chi connectivity index (χ0v) is 10.2. The molecule has 0 unspecified atom stereocenters. The lowest BCUT2D eigenvalue weighted by molar-refractivity contribution is 1.44. The van der Waals surface area contributed by atoms with Gasteiger partial charge in [0.2, 0.25) is 0 Å². The van der Waals surface area contributed by atoms with Crippen LogP contribution in [0.1, 0.15) is 0 Å². The van der Waals surface area contributed by atoms with E-state index < -0.39 is 0 Å². The summed E-state index contributed by atoms with van der Waals surface area (Å²) in [6.45, 7) is 0. The molecule has 0 radical (unpaired) electrons. The molecule has 0 saturated carbocycles. The van der Waals surface area contributed by atoms with Crippen LogP contribution in [-0.4, -0.2) is 0 Å². The second kappa shape index (κ2) is 6.05. The van der Waals surface area contributed by atoms with Crippen LogP contribution in [0.4, 0.5) is 5.69 Å². The summed E-state index contributed by atoms with van der Waals surface area (Å²) in [5, 5.41) is 20.2. The fourth-order valence-corrected chi connectivity index (χ4v) is 1.63. The number of allylic oxidation sites excluding steroid dienone is 1. The molecular weight excluding hydrogens is 234 g/mol. The average Bonchev–Trinajstić information content (AvgIpc) is 2.50. The predicted octanol–water partition coefficient (Wildman–Crippen LogP) is 3.70. The van der Waals surface area contributed by atoms with Gasteiger partial charge in [-0.3, -0.25) is 0 Å². The van der Waals surface area contributed by atoms with Crippen molar-refractivity contribution in [1.29, 1.82) is 10.5 Å². The molecule has 2 aromatic carbocycles. The quantitative estimate of drug-likeness (QED) is 0.839. The lowest BCUT2D eigenvalue weighted by Gasteiger charge is -2.04. The van der Waals surface area contributed by atoms with Crippen LogP contribution in [-0.2, 0) is 0 Å². The zero-order valence-electron chi connectivity index (χ0n) is 10.2. The molecule has 2 rings (SSSR count). The summed E-state index contributed by atoms with van der Waals surface area (Å²) in [5.41, 5.74) is 3.16. The predicted molar refractivity (Wildman–Crippen MR) is 74.8 cm³/mol. The molecule has 0 aliphatic heterocycles. The zero-order chi connectivity index (χ0) is 13.5. The topological polar surface area (TPSA) is 59.6 Å². The Hall–Kier alpha value is -3.04. The maximum atomic E-state index is 8.62. The monoisotopic (exact) mass is 245 g/mol. The van der Waals surface area contributed by atoms with Crippen LogP contribution in [0, 0.1) is 22.7 Å². The van der Waals surface area contributed by atoms with Crippen LogP contribution >= 0.6 is 0 Å². The molecule has 0 aliphatic carbocycles. The number of nitrogens with zero attached hydrogens (tertiary/aromatic N) is 2. The summed E-state index contributed by atoms with van der Waals surface area (Å²) in [6.07, 6.45) is 1.40. The van der Waals surface area contributed by atoms with Gasteiger partial charge in [-0.25, -0.2) is 0 Å². The standard InChI is InChI=1S/C16H11N3/c17-10-13(11-18)12-19-16-8-6-15(7-9-16)14-4-2-1-3-5-14/h1-9,12,19H. The summed E-state index contributed by atoms with van der Waals surface area (Å²) in [4.78, 5) is 0. The van der Waals surface area contributed by atoms with Gasteiger partial charge in [0.05, 0.1) is 0 Å². The van der Waals surface area contributed by atoms with E-state index in [9.17, 15) is 0 Å². The lowest BCUT2D eigenvalue weighted by Crippen LogP contribution is -1.89. The highest BCUT2D eigenvalue weighted by atomic mass is 14.8. The molecule has 0 aliphatic rings. The van der Waals surface area contributed by atoms with Gasteiger partial charge >= 0.3 is 0 Å². The minimum Gasteiger partial charge on any atom is -0.360 e. The SMILES string of the molecule is N#CC(C#N)=CNc1ccc(-c2ccccc2)cc1. The van der Waals surface area contributed by atoms with Gasteiger partial charge in [-0.15, -0.1) is 0 Å². The fraction of sp³-hybridized carbons (Fsp3) is 0. The highest BCUT2D eigenvalue weighted by Gasteiger charge is 1.97. The lowest BCUT2D eigenvalue weighted by atomic mass is 10.1. The summed E-state index contributed by atoms with van der Waals surface area (Å²) < 4.78 is 0. The molecule has 1 N–H and O–H groups in total. The van der Waals surface area contributed by atoms with Crippen molar-refractivity contribution in [2.75, 3.05) is 5.32 Å². The number of hydrogen-bond donors (Lipinski definition) is 1. The smallest absolute Gasteiger partial charge is 0.145 e. The minimum atomic E-state index is 0.0483. The summed E-state index contributed by atoms with van der Waals surface area (Å²) in [5.74, 6) is 0. The first-order chi connectivity index (χ1) is 9.33. The van der Waals surface area contributed by atoms with Gasteiger partial charge in [0.15, 0.2) is 0 Å². The molecule has 19 heavy (non-hydrogen) atoms. The summed E-state index contributed by atoms with van der Waals surface area (Å²) in [7, 11) is 0. The van der Waals surface area contributed by atoms with Gasteiger partial charge in [-0.1, -0.05) is 42.5 Å². The Morgan fingerprint density at radius 2 is 1.42 bits per heavy atom. The molecular formula is C16H11N3. The number of nitriles is 2. The molecule has 3 nitrogen and oxygen atoms in total. The Morgan fingerprint density at radius 3 is 2.00 bits per heavy atom. The van der Waals surface area contributed by atoms with E-state index in [1.165, 1.54) is 6.20 Å². The Bertz CT molecular complexity index is 640. The van der Waals surface area contributed by atoms with Crippen LogP contribution in [0.25, 0.3) is 11.1 Å². The van der Waals surface area contributed by atoms with Crippen molar-refractivity contribution < 1.29 is 0 Å². The number of rotatable bonds is 3. The van der Waals surface area contributed by atoms with Crippen molar-refractivity contribution >= 4 is 5.69 Å². The number of nitrogens with one attached hydrogen (secondary N) is 1. The van der Waals surface area contributed by atoms with E-state index in [4.69, 9.17) is 10.5 Å². The molecule has 2 aromatic rings. The van der Waals surface area contributed by atoms with Crippen molar-refractivity contribution in [3.8, 4) is 23.3 Å². The Labute approximate surface area is 112 Å². The Balaban J connectivity index is 2.15. The summed E-state index contributed by atoms with van der Waals surface area (Å²) in [6, 6.07) is 21.5. The molecule has 0 aromatic heterocycles. The van der Waals surface area contributed by atoms with Crippen molar-refractivity contribution in [1.82, 2.24) is 0 Å². The van der Waals surface area contributed by atoms with Gasteiger partial charge in [-0.05, 0) is 23.3 Å². The highest BCUT2D eigenvalue weighted by Crippen LogP contribution is 2.20. The van der Waals surface area contributed by atoms with Gasteiger partial charge < -0.3 is 5.32 Å². The number of benzene rings is 2.